The molecule has 29 heavy (non-hydrogen) atoms. The van der Waals surface area contributed by atoms with E-state index in [9.17, 15) is 59.7 Å². The molecular weight excluding hydrogens is 476 g/mol. The van der Waals surface area contributed by atoms with Crippen LogP contribution in [0.1, 0.15) is 0 Å². The van der Waals surface area contributed by atoms with Crippen LogP contribution < -0.4 is 5.32 Å². The Morgan fingerprint density at radius 3 is 0.828 bits per heavy atom. The van der Waals surface area contributed by atoms with Crippen molar-refractivity contribution < 1.29 is 59.7 Å². The molecule has 0 saturated heterocycles. The lowest BCUT2D eigenvalue weighted by Crippen LogP contribution is -2.14. The molecule has 0 amide bonds. The van der Waals surface area contributed by atoms with E-state index in [0.717, 1.165) is 5.32 Å². The van der Waals surface area contributed by atoms with E-state index >= 15 is 0 Å². The molecule has 0 aromatic heterocycles. The zero-order valence-electron chi connectivity index (χ0n) is 12.7. The summed E-state index contributed by atoms with van der Waals surface area (Å²) in [7, 11) is -12.8. The monoisotopic (exact) mass is 477 g/mol. The number of nitrogens with one attached hydrogen (secondary N) is 1. The summed E-state index contributed by atoms with van der Waals surface area (Å²) in [6, 6.07) is 0. The second-order valence-corrected chi connectivity index (χ2v) is 7.49. The minimum Gasteiger partial charge on any atom is -0.346 e. The Morgan fingerprint density at radius 2 is 0.655 bits per heavy atom. The topological polar surface area (TPSA) is 80.3 Å². The van der Waals surface area contributed by atoms with Gasteiger partial charge in [0.05, 0.1) is 0 Å². The lowest BCUT2D eigenvalue weighted by Gasteiger charge is -2.14. The smallest absolute Gasteiger partial charge is 0.338 e. The Kier molecular flexibility index (Phi) is 5.52. The lowest BCUT2D eigenvalue weighted by molar-refractivity contribution is 0.414. The lowest BCUT2D eigenvalue weighted by atomic mass is 10.2. The number of rotatable bonds is 4. The van der Waals surface area contributed by atoms with E-state index in [2.05, 4.69) is 0 Å². The van der Waals surface area contributed by atoms with Crippen LogP contribution in [0.15, 0.2) is 9.79 Å². The largest absolute Gasteiger partial charge is 0.346 e. The molecule has 17 heteroatoms. The SMILES string of the molecule is O=S(=O)(F)c1c(F)c(F)c(Nc2c(F)c(F)c(S(=O)(=O)F)c(F)c2F)c(F)c1F. The van der Waals surface area contributed by atoms with Crippen molar-refractivity contribution in [3.05, 3.63) is 46.5 Å². The average molecular weight is 477 g/mol. The van der Waals surface area contributed by atoms with E-state index in [1.165, 1.54) is 0 Å². The standard InChI is InChI=1S/C12HF10NO4S2/c13-1-5(17)11(28(21,24)25)6(18)2(14)9(1)23-10-3(15)7(19)12(29(22,26)27)8(20)4(10)16/h23H. The van der Waals surface area contributed by atoms with Gasteiger partial charge in [0.2, 0.25) is 0 Å². The van der Waals surface area contributed by atoms with Crippen molar-refractivity contribution in [3.8, 4) is 0 Å². The molecule has 160 valence electrons. The van der Waals surface area contributed by atoms with Crippen LogP contribution in [0.25, 0.3) is 0 Å². The van der Waals surface area contributed by atoms with Gasteiger partial charge in [-0.1, -0.05) is 0 Å². The Morgan fingerprint density at radius 1 is 0.448 bits per heavy atom. The van der Waals surface area contributed by atoms with Gasteiger partial charge in [-0.3, -0.25) is 0 Å². The second kappa shape index (κ2) is 7.05. The fourth-order valence-corrected chi connectivity index (χ4v) is 3.21. The molecule has 0 aliphatic rings. The van der Waals surface area contributed by atoms with Crippen LogP contribution in [0.3, 0.4) is 0 Å². The third kappa shape index (κ3) is 3.70. The number of hydrogen-bond donors (Lipinski definition) is 1. The van der Waals surface area contributed by atoms with Gasteiger partial charge >= 0.3 is 20.4 Å². The molecule has 0 heterocycles. The number of hydrogen-bond acceptors (Lipinski definition) is 5. The highest BCUT2D eigenvalue weighted by Crippen LogP contribution is 2.37. The number of halogens is 10. The predicted molar refractivity (Wildman–Crippen MR) is 72.4 cm³/mol. The Labute approximate surface area is 154 Å². The van der Waals surface area contributed by atoms with Gasteiger partial charge in [0, 0.05) is 0 Å². The summed E-state index contributed by atoms with van der Waals surface area (Å²) >= 11 is 0. The third-order valence-electron chi connectivity index (χ3n) is 3.18. The molecule has 0 bridgehead atoms. The van der Waals surface area contributed by atoms with Crippen LogP contribution in [0, 0.1) is 46.5 Å². The maximum absolute atomic E-state index is 13.8. The van der Waals surface area contributed by atoms with Crippen molar-refractivity contribution in [1.82, 2.24) is 0 Å². The first kappa shape index (κ1) is 22.7. The summed E-state index contributed by atoms with van der Waals surface area (Å²) in [5.41, 5.74) is -4.58. The van der Waals surface area contributed by atoms with E-state index in [-0.39, 0.29) is 0 Å². The minimum atomic E-state index is -6.38. The van der Waals surface area contributed by atoms with E-state index < -0.39 is 88.1 Å². The maximum atomic E-state index is 13.8. The van der Waals surface area contributed by atoms with Gasteiger partial charge in [0.25, 0.3) is 0 Å². The molecule has 0 fully saturated rings. The predicted octanol–water partition coefficient (Wildman–Crippen LogP) is 3.86. The molecule has 0 radical (unpaired) electrons. The van der Waals surface area contributed by atoms with Gasteiger partial charge in [-0.05, 0) is 0 Å². The van der Waals surface area contributed by atoms with Crippen LogP contribution in [0.2, 0.25) is 0 Å². The molecule has 0 saturated carbocycles. The molecule has 5 nitrogen and oxygen atoms in total. The zero-order chi connectivity index (χ0) is 22.6. The van der Waals surface area contributed by atoms with Gasteiger partial charge in [0.1, 0.15) is 11.4 Å². The molecular formula is C12HF10NO4S2. The molecule has 0 unspecified atom stereocenters. The van der Waals surface area contributed by atoms with Crippen LogP contribution in [0.4, 0.5) is 54.3 Å². The van der Waals surface area contributed by atoms with Crippen molar-refractivity contribution in [2.45, 2.75) is 9.79 Å². The Balaban J connectivity index is 2.84. The van der Waals surface area contributed by atoms with Crippen molar-refractivity contribution in [3.63, 3.8) is 0 Å². The molecule has 0 spiro atoms. The van der Waals surface area contributed by atoms with Crippen molar-refractivity contribution >= 4 is 31.8 Å². The van der Waals surface area contributed by atoms with Gasteiger partial charge in [-0.15, -0.1) is 7.77 Å². The van der Waals surface area contributed by atoms with Crippen molar-refractivity contribution in [2.24, 2.45) is 0 Å². The van der Waals surface area contributed by atoms with Crippen LogP contribution in [0.5, 0.6) is 0 Å². The molecule has 0 aliphatic heterocycles. The van der Waals surface area contributed by atoms with Gasteiger partial charge in [-0.25, -0.2) is 35.1 Å². The van der Waals surface area contributed by atoms with Crippen LogP contribution in [-0.4, -0.2) is 16.8 Å². The van der Waals surface area contributed by atoms with E-state index in [1.807, 2.05) is 0 Å². The average Bonchev–Trinajstić information content (AvgIpc) is 2.55. The van der Waals surface area contributed by atoms with E-state index in [1.54, 1.807) is 0 Å². The number of benzene rings is 2. The summed E-state index contributed by atoms with van der Waals surface area (Å²) in [4.78, 5) is -5.51. The highest BCUT2D eigenvalue weighted by atomic mass is 32.3. The summed E-state index contributed by atoms with van der Waals surface area (Å²) in [6.07, 6.45) is 0. The van der Waals surface area contributed by atoms with Crippen molar-refractivity contribution in [1.29, 1.82) is 0 Å². The first-order valence-electron chi connectivity index (χ1n) is 6.40. The zero-order valence-corrected chi connectivity index (χ0v) is 14.4. The first-order chi connectivity index (χ1) is 13.0. The third-order valence-corrected chi connectivity index (χ3v) is 4.88. The van der Waals surface area contributed by atoms with Gasteiger partial charge in [-0.2, -0.15) is 16.8 Å². The highest BCUT2D eigenvalue weighted by Gasteiger charge is 2.36. The number of anilines is 2. The van der Waals surface area contributed by atoms with Crippen molar-refractivity contribution in [2.75, 3.05) is 5.32 Å². The van der Waals surface area contributed by atoms with Gasteiger partial charge < -0.3 is 5.32 Å². The Bertz CT molecular complexity index is 1100. The maximum Gasteiger partial charge on any atom is 0.338 e. The molecule has 1 N–H and O–H groups in total. The fraction of sp³-hybridized carbons (Fsp3) is 0. The van der Waals surface area contributed by atoms with Crippen LogP contribution in [-0.2, 0) is 20.4 Å². The fourth-order valence-electron chi connectivity index (χ4n) is 2.00. The molecule has 2 rings (SSSR count). The summed E-state index contributed by atoms with van der Waals surface area (Å²) < 4.78 is 177. The normalized spacial score (nSPS) is 12.3. The quantitative estimate of drug-likeness (QED) is 0.411. The molecule has 2 aromatic rings. The highest BCUT2D eigenvalue weighted by molar-refractivity contribution is 7.86. The first-order valence-corrected chi connectivity index (χ1v) is 9.16. The molecule has 0 aliphatic carbocycles. The van der Waals surface area contributed by atoms with Gasteiger partial charge in [0.15, 0.2) is 56.3 Å². The van der Waals surface area contributed by atoms with E-state index in [4.69, 9.17) is 0 Å². The second-order valence-electron chi connectivity index (χ2n) is 4.92. The van der Waals surface area contributed by atoms with Crippen LogP contribution >= 0.6 is 0 Å². The summed E-state index contributed by atoms with van der Waals surface area (Å²) in [5, 5.41) is 0.803. The summed E-state index contributed by atoms with van der Waals surface area (Å²) in [5.74, 6) is -22.9. The summed E-state index contributed by atoms with van der Waals surface area (Å²) in [6.45, 7) is 0. The van der Waals surface area contributed by atoms with E-state index in [0.29, 0.717) is 0 Å². The Hall–Kier alpha value is -2.56. The minimum absolute atomic E-state index is 0.803. The molecule has 2 aromatic carbocycles. The molecule has 0 atom stereocenters.